The molecule has 1 aromatic heterocycles. The fourth-order valence-electron chi connectivity index (χ4n) is 7.68. The lowest BCUT2D eigenvalue weighted by molar-refractivity contribution is -0.338. The van der Waals surface area contributed by atoms with Crippen LogP contribution in [0.2, 0.25) is 0 Å². The van der Waals surface area contributed by atoms with Crippen molar-refractivity contribution in [1.29, 1.82) is 0 Å². The molecule has 2 bridgehead atoms. The molecule has 2 heterocycles. The summed E-state index contributed by atoms with van der Waals surface area (Å²) < 4.78 is 17.9. The molecule has 1 aromatic rings. The molecule has 210 valence electrons. The zero-order valence-electron chi connectivity index (χ0n) is 23.0. The van der Waals surface area contributed by atoms with Gasteiger partial charge in [0.2, 0.25) is 0 Å². The molecule has 39 heavy (non-hydrogen) atoms. The van der Waals surface area contributed by atoms with Crippen LogP contribution in [0.25, 0.3) is 0 Å². The van der Waals surface area contributed by atoms with Gasteiger partial charge in [0.15, 0.2) is 17.2 Å². The summed E-state index contributed by atoms with van der Waals surface area (Å²) in [5.41, 5.74) is -6.10. The third-order valence-electron chi connectivity index (χ3n) is 10.1. The first-order valence-electron chi connectivity index (χ1n) is 13.2. The van der Waals surface area contributed by atoms with Gasteiger partial charge in [-0.3, -0.25) is 14.4 Å². The van der Waals surface area contributed by atoms with Crippen molar-refractivity contribution >= 4 is 23.5 Å². The predicted octanol–water partition coefficient (Wildman–Crippen LogP) is 1.96. The summed E-state index contributed by atoms with van der Waals surface area (Å²) in [7, 11) is 0. The van der Waals surface area contributed by atoms with Crippen LogP contribution in [0.3, 0.4) is 0 Å². The molecule has 4 aliphatic rings. The number of allylic oxidation sites excluding steroid dienone is 1. The molecule has 2 N–H and O–H groups in total. The van der Waals surface area contributed by atoms with Crippen molar-refractivity contribution in [2.45, 2.75) is 83.9 Å². The molecule has 10 nitrogen and oxygen atoms in total. The number of aromatic nitrogens is 1. The lowest BCUT2D eigenvalue weighted by Gasteiger charge is -2.67. The molecule has 0 amide bonds. The van der Waals surface area contributed by atoms with Crippen LogP contribution in [0.1, 0.15) is 64.9 Å². The van der Waals surface area contributed by atoms with E-state index in [1.165, 1.54) is 26.1 Å². The number of rotatable bonds is 3. The highest BCUT2D eigenvalue weighted by Gasteiger charge is 2.77. The van der Waals surface area contributed by atoms with E-state index in [-0.39, 0.29) is 23.4 Å². The molecule has 1 saturated heterocycles. The Kier molecular flexibility index (Phi) is 6.21. The van der Waals surface area contributed by atoms with Crippen molar-refractivity contribution in [2.24, 2.45) is 22.7 Å². The molecule has 2 saturated carbocycles. The number of Topliss-reactive ketones (excluding diaryl/α,β-unsaturated/α-hetero) is 2. The van der Waals surface area contributed by atoms with E-state index >= 15 is 0 Å². The first-order valence-corrected chi connectivity index (χ1v) is 13.2. The summed E-state index contributed by atoms with van der Waals surface area (Å²) in [6.07, 6.45) is -2.53. The fraction of sp³-hybridized carbons (Fsp3) is 0.621. The molecule has 8 atom stereocenters. The zero-order chi connectivity index (χ0) is 28.7. The summed E-state index contributed by atoms with van der Waals surface area (Å²) in [5, 5.41) is 24.3. The van der Waals surface area contributed by atoms with Crippen LogP contribution >= 0.6 is 0 Å². The van der Waals surface area contributed by atoms with Gasteiger partial charge < -0.3 is 24.4 Å². The Labute approximate surface area is 226 Å². The number of hydrogen-bond donors (Lipinski definition) is 2. The van der Waals surface area contributed by atoms with Crippen LogP contribution in [0.4, 0.5) is 0 Å². The van der Waals surface area contributed by atoms with E-state index in [1.54, 1.807) is 32.9 Å². The second-order valence-corrected chi connectivity index (χ2v) is 12.2. The number of esters is 2. The maximum Gasteiger partial charge on any atom is 0.357 e. The fourth-order valence-corrected chi connectivity index (χ4v) is 7.68. The number of nitrogens with zero attached hydrogens (tertiary/aromatic N) is 1. The third kappa shape index (κ3) is 3.54. The van der Waals surface area contributed by atoms with Gasteiger partial charge in [-0.2, -0.15) is 0 Å². The van der Waals surface area contributed by atoms with E-state index in [0.717, 1.165) is 0 Å². The van der Waals surface area contributed by atoms with Crippen molar-refractivity contribution in [2.75, 3.05) is 6.61 Å². The quantitative estimate of drug-likeness (QED) is 0.544. The van der Waals surface area contributed by atoms with Gasteiger partial charge in [-0.1, -0.05) is 33.8 Å². The van der Waals surface area contributed by atoms with Crippen LogP contribution < -0.4 is 0 Å². The van der Waals surface area contributed by atoms with Gasteiger partial charge in [0, 0.05) is 30.4 Å². The van der Waals surface area contributed by atoms with E-state index in [4.69, 9.17) is 14.2 Å². The number of ether oxygens (including phenoxy) is 3. The minimum atomic E-state index is -2.08. The predicted molar refractivity (Wildman–Crippen MR) is 135 cm³/mol. The van der Waals surface area contributed by atoms with Gasteiger partial charge in [-0.25, -0.2) is 9.78 Å². The van der Waals surface area contributed by atoms with E-state index in [1.807, 2.05) is 6.92 Å². The SMILES string of the molecule is CC(=O)OC12COC1C[C@H](C)[C@@]1(C)C(=O)C(O)C3=C(C)C(=O)CC(O)(C(OC(=O)c4ccccn4)C21)C3(C)C. The minimum Gasteiger partial charge on any atom is -0.454 e. The number of carbonyl (C=O) groups is 4. The van der Waals surface area contributed by atoms with Gasteiger partial charge in [0.1, 0.15) is 29.6 Å². The highest BCUT2D eigenvalue weighted by molar-refractivity contribution is 6.02. The summed E-state index contributed by atoms with van der Waals surface area (Å²) in [6, 6.07) is 4.70. The van der Waals surface area contributed by atoms with Crippen LogP contribution in [0.5, 0.6) is 0 Å². The molecular formula is C29H35NO9. The Morgan fingerprint density at radius 2 is 1.87 bits per heavy atom. The smallest absolute Gasteiger partial charge is 0.357 e. The van der Waals surface area contributed by atoms with Crippen LogP contribution in [0, 0.1) is 22.7 Å². The topological polar surface area (TPSA) is 149 Å². The first kappa shape index (κ1) is 27.6. The number of carbonyl (C=O) groups excluding carboxylic acids is 4. The second-order valence-electron chi connectivity index (χ2n) is 12.2. The molecule has 0 radical (unpaired) electrons. The van der Waals surface area contributed by atoms with E-state index in [9.17, 15) is 29.4 Å². The summed E-state index contributed by atoms with van der Waals surface area (Å²) in [6.45, 7) is 9.40. The number of aliphatic hydroxyl groups excluding tert-OH is 1. The van der Waals surface area contributed by atoms with Gasteiger partial charge in [0.25, 0.3) is 0 Å². The van der Waals surface area contributed by atoms with Crippen LogP contribution in [-0.2, 0) is 28.6 Å². The van der Waals surface area contributed by atoms with Crippen molar-refractivity contribution in [3.8, 4) is 0 Å². The van der Waals surface area contributed by atoms with Crippen molar-refractivity contribution in [3.05, 3.63) is 41.2 Å². The van der Waals surface area contributed by atoms with Gasteiger partial charge >= 0.3 is 11.9 Å². The molecule has 3 fully saturated rings. The number of fused-ring (bicyclic) bond motifs is 5. The highest BCUT2D eigenvalue weighted by Crippen LogP contribution is 2.64. The van der Waals surface area contributed by atoms with E-state index < -0.39 is 82.1 Å². The Balaban J connectivity index is 1.82. The van der Waals surface area contributed by atoms with Crippen molar-refractivity contribution in [3.63, 3.8) is 0 Å². The normalized spacial score (nSPS) is 40.9. The second kappa shape index (κ2) is 8.78. The Morgan fingerprint density at radius 1 is 1.18 bits per heavy atom. The Bertz CT molecular complexity index is 1290. The van der Waals surface area contributed by atoms with Crippen LogP contribution in [0.15, 0.2) is 35.5 Å². The average molecular weight is 542 g/mol. The largest absolute Gasteiger partial charge is 0.454 e. The summed E-state index contributed by atoms with van der Waals surface area (Å²) in [4.78, 5) is 57.8. The monoisotopic (exact) mass is 541 g/mol. The van der Waals surface area contributed by atoms with Gasteiger partial charge in [-0.05, 0) is 42.5 Å². The Hall–Kier alpha value is -2.95. The van der Waals surface area contributed by atoms with E-state index in [2.05, 4.69) is 4.98 Å². The molecule has 0 spiro atoms. The third-order valence-corrected chi connectivity index (χ3v) is 10.1. The maximum atomic E-state index is 14.4. The average Bonchev–Trinajstić information content (AvgIpc) is 2.87. The lowest BCUT2D eigenvalue weighted by Crippen LogP contribution is -2.80. The van der Waals surface area contributed by atoms with E-state index in [0.29, 0.717) is 6.42 Å². The van der Waals surface area contributed by atoms with Crippen molar-refractivity contribution in [1.82, 2.24) is 4.98 Å². The number of aliphatic hydroxyl groups is 2. The van der Waals surface area contributed by atoms with Crippen molar-refractivity contribution < 1.29 is 43.6 Å². The summed E-state index contributed by atoms with van der Waals surface area (Å²) in [5.74, 6) is -4.15. The molecule has 10 heteroatoms. The summed E-state index contributed by atoms with van der Waals surface area (Å²) >= 11 is 0. The van der Waals surface area contributed by atoms with Gasteiger partial charge in [0.05, 0.1) is 12.5 Å². The van der Waals surface area contributed by atoms with Crippen LogP contribution in [-0.4, -0.2) is 74.8 Å². The standard InChI is InChI=1S/C29H35NO9/c1-14-11-19-28(13-37-19,39-16(3)31)22-24(38-25(35)17-9-7-8-10-30-17)29(36)12-18(32)15(2)20(26(29,4)5)21(33)23(34)27(14,22)6/h7-10,14,19,21-22,24,33,36H,11-13H2,1-6H3/t14-,19?,21?,22?,24?,27+,28?,29?/m0/s1. The molecule has 5 rings (SSSR count). The number of ketones is 2. The first-order chi connectivity index (χ1) is 18.1. The lowest BCUT2D eigenvalue weighted by atomic mass is 9.43. The molecule has 0 aromatic carbocycles. The minimum absolute atomic E-state index is 0.0325. The zero-order valence-corrected chi connectivity index (χ0v) is 23.0. The molecule has 6 unspecified atom stereocenters. The Morgan fingerprint density at radius 3 is 2.44 bits per heavy atom. The number of hydrogen-bond acceptors (Lipinski definition) is 10. The maximum absolute atomic E-state index is 14.4. The molecular weight excluding hydrogens is 506 g/mol. The number of pyridine rings is 1. The molecule has 3 aliphatic carbocycles. The van der Waals surface area contributed by atoms with Gasteiger partial charge in [-0.15, -0.1) is 0 Å². The molecule has 1 aliphatic heterocycles. The highest BCUT2D eigenvalue weighted by atomic mass is 16.6.